The van der Waals surface area contributed by atoms with Crippen LogP contribution in [0.1, 0.15) is 42.3 Å². The number of nitrogens with one attached hydrogen (secondary N) is 1. The van der Waals surface area contributed by atoms with Crippen molar-refractivity contribution in [1.29, 1.82) is 0 Å². The van der Waals surface area contributed by atoms with E-state index in [1.807, 2.05) is 0 Å². The second-order valence-electron chi connectivity index (χ2n) is 10.9. The third-order valence-corrected chi connectivity index (χ3v) is 8.62. The number of nitrogens with zero attached hydrogens (tertiary/aromatic N) is 1. The van der Waals surface area contributed by atoms with Gasteiger partial charge < -0.3 is 25.2 Å². The van der Waals surface area contributed by atoms with Crippen LogP contribution in [-0.4, -0.2) is 65.5 Å². The summed E-state index contributed by atoms with van der Waals surface area (Å²) in [6.45, 7) is 0.569. The molecule has 1 heterocycles. The number of hydrogen-bond donors (Lipinski definition) is 3. The lowest BCUT2D eigenvalue weighted by molar-refractivity contribution is -0.163. The molecule has 250 valence electrons. The first-order valence-corrected chi connectivity index (χ1v) is 15.0. The molecule has 4 rings (SSSR count). The molecule has 0 fully saturated rings. The molecule has 0 aliphatic rings. The number of aryl methyl sites for hydroxylation is 1. The molecule has 10 nitrogen and oxygen atoms in total. The highest BCUT2D eigenvalue weighted by molar-refractivity contribution is 7.10. The van der Waals surface area contributed by atoms with Crippen molar-refractivity contribution in [2.75, 3.05) is 26.0 Å². The number of benzene rings is 3. The number of amides is 2. The summed E-state index contributed by atoms with van der Waals surface area (Å²) in [6, 6.07) is 16.3. The normalized spacial score (nSPS) is 11.5. The minimum atomic E-state index is -4.53. The van der Waals surface area contributed by atoms with E-state index in [1.165, 1.54) is 60.8 Å². The predicted molar refractivity (Wildman–Crippen MR) is 170 cm³/mol. The molecule has 0 atom stereocenters. The predicted octanol–water partition coefficient (Wildman–Crippen LogP) is 5.89. The van der Waals surface area contributed by atoms with Crippen molar-refractivity contribution in [3.05, 3.63) is 111 Å². The van der Waals surface area contributed by atoms with E-state index in [9.17, 15) is 47.4 Å². The lowest BCUT2D eigenvalue weighted by atomic mass is 9.85. The SMILES string of the molecule is Cc1ccsc1C(COC(=O)Cc1ccc(NC(=O)c2ccccc2-c2ccc(C(F)(F)F)cc2)c(C(=O)N(C)C)c1)(C(=O)O)C(=O)O. The van der Waals surface area contributed by atoms with E-state index >= 15 is 0 Å². The van der Waals surface area contributed by atoms with Crippen molar-refractivity contribution in [2.24, 2.45) is 0 Å². The molecule has 14 heteroatoms. The van der Waals surface area contributed by atoms with E-state index in [4.69, 9.17) is 4.74 Å². The summed E-state index contributed by atoms with van der Waals surface area (Å²) in [4.78, 5) is 65.0. The van der Waals surface area contributed by atoms with Crippen LogP contribution in [-0.2, 0) is 37.1 Å². The number of ether oxygens (including phenoxy) is 1. The number of halogens is 3. The Hall–Kier alpha value is -5.50. The Morgan fingerprint density at radius 1 is 0.875 bits per heavy atom. The quantitative estimate of drug-likeness (QED) is 0.131. The Kier molecular flexibility index (Phi) is 10.4. The number of aliphatic carboxylic acids is 2. The molecule has 0 aliphatic carbocycles. The van der Waals surface area contributed by atoms with Crippen LogP contribution < -0.4 is 5.32 Å². The molecule has 0 radical (unpaired) electrons. The van der Waals surface area contributed by atoms with Gasteiger partial charge in [-0.15, -0.1) is 11.3 Å². The van der Waals surface area contributed by atoms with Gasteiger partial charge in [-0.05, 0) is 71.0 Å². The number of alkyl halides is 3. The second kappa shape index (κ2) is 14.1. The van der Waals surface area contributed by atoms with Gasteiger partial charge in [0, 0.05) is 24.5 Å². The number of carboxylic acids is 2. The van der Waals surface area contributed by atoms with E-state index in [0.29, 0.717) is 16.7 Å². The molecule has 0 saturated carbocycles. The summed E-state index contributed by atoms with van der Waals surface area (Å²) in [5, 5.41) is 23.9. The lowest BCUT2D eigenvalue weighted by Crippen LogP contribution is -2.48. The fourth-order valence-electron chi connectivity index (χ4n) is 4.88. The van der Waals surface area contributed by atoms with Gasteiger partial charge in [0.2, 0.25) is 5.41 Å². The van der Waals surface area contributed by atoms with E-state index in [-0.39, 0.29) is 27.3 Å². The number of carboxylic acid groups (broad SMARTS) is 2. The monoisotopic (exact) mass is 682 g/mol. The molecular weight excluding hydrogens is 653 g/mol. The molecule has 0 bridgehead atoms. The largest absolute Gasteiger partial charge is 0.480 e. The summed E-state index contributed by atoms with van der Waals surface area (Å²) in [5.74, 6) is -5.56. The molecule has 48 heavy (non-hydrogen) atoms. The van der Waals surface area contributed by atoms with Gasteiger partial charge in [0.25, 0.3) is 11.8 Å². The average molecular weight is 683 g/mol. The first-order valence-electron chi connectivity index (χ1n) is 14.2. The summed E-state index contributed by atoms with van der Waals surface area (Å²) in [5.41, 5.74) is -1.82. The third kappa shape index (κ3) is 7.39. The first-order chi connectivity index (χ1) is 22.6. The van der Waals surface area contributed by atoms with Crippen LogP contribution in [0.4, 0.5) is 18.9 Å². The molecule has 1 aromatic heterocycles. The van der Waals surface area contributed by atoms with Gasteiger partial charge in [-0.1, -0.05) is 36.4 Å². The lowest BCUT2D eigenvalue weighted by Gasteiger charge is -2.24. The molecule has 4 aromatic rings. The molecular formula is C34H29F3N2O8S. The van der Waals surface area contributed by atoms with E-state index in [2.05, 4.69) is 5.32 Å². The summed E-state index contributed by atoms with van der Waals surface area (Å²) >= 11 is 0.912. The summed E-state index contributed by atoms with van der Waals surface area (Å²) in [6.07, 6.45) is -4.99. The van der Waals surface area contributed by atoms with Crippen LogP contribution in [0.5, 0.6) is 0 Å². The summed E-state index contributed by atoms with van der Waals surface area (Å²) < 4.78 is 44.4. The topological polar surface area (TPSA) is 150 Å². The van der Waals surface area contributed by atoms with E-state index < -0.39 is 59.9 Å². The minimum Gasteiger partial charge on any atom is -0.480 e. The highest BCUT2D eigenvalue weighted by Gasteiger charge is 2.52. The Bertz CT molecular complexity index is 1870. The maximum absolute atomic E-state index is 13.5. The molecule has 3 aromatic carbocycles. The van der Waals surface area contributed by atoms with Crippen molar-refractivity contribution < 1.29 is 52.1 Å². The van der Waals surface area contributed by atoms with Crippen molar-refractivity contribution in [2.45, 2.75) is 24.9 Å². The number of hydrogen-bond acceptors (Lipinski definition) is 7. The van der Waals surface area contributed by atoms with Gasteiger partial charge in [0.15, 0.2) is 0 Å². The average Bonchev–Trinajstić information content (AvgIpc) is 3.46. The number of carbonyl (C=O) groups excluding carboxylic acids is 3. The fourth-order valence-corrected chi connectivity index (χ4v) is 5.98. The van der Waals surface area contributed by atoms with Crippen LogP contribution in [0.25, 0.3) is 11.1 Å². The number of carbonyl (C=O) groups is 5. The molecule has 0 aliphatic heterocycles. The highest BCUT2D eigenvalue weighted by atomic mass is 32.1. The number of anilines is 1. The van der Waals surface area contributed by atoms with Crippen LogP contribution in [0.3, 0.4) is 0 Å². The van der Waals surface area contributed by atoms with Gasteiger partial charge in [0.1, 0.15) is 6.61 Å². The Labute approximate surface area is 276 Å². The number of rotatable bonds is 11. The molecule has 0 unspecified atom stereocenters. The standard InChI is InChI=1S/C34H29F3N2O8S/c1-19-14-15-48-28(19)33(31(43)44,32(45)46)18-47-27(40)17-20-8-13-26(25(16-20)30(42)39(2)3)38-29(41)24-7-5-4-6-23(24)21-9-11-22(12-10-21)34(35,36)37/h4-16H,17-18H2,1-3H3,(H,38,41)(H,43,44)(H,45,46). The van der Waals surface area contributed by atoms with Crippen molar-refractivity contribution in [1.82, 2.24) is 4.90 Å². The maximum Gasteiger partial charge on any atom is 0.416 e. The van der Waals surface area contributed by atoms with Crippen LogP contribution in [0, 0.1) is 6.92 Å². The minimum absolute atomic E-state index is 0.00848. The van der Waals surface area contributed by atoms with E-state index in [0.717, 1.165) is 23.5 Å². The van der Waals surface area contributed by atoms with Crippen molar-refractivity contribution >= 4 is 46.7 Å². The Morgan fingerprint density at radius 2 is 1.52 bits per heavy atom. The van der Waals surface area contributed by atoms with E-state index in [1.54, 1.807) is 31.2 Å². The second-order valence-corrected chi connectivity index (χ2v) is 11.9. The number of esters is 1. The van der Waals surface area contributed by atoms with Gasteiger partial charge in [-0.3, -0.25) is 24.0 Å². The smallest absolute Gasteiger partial charge is 0.416 e. The van der Waals surface area contributed by atoms with Gasteiger partial charge >= 0.3 is 24.1 Å². The molecule has 0 spiro atoms. The fraction of sp³-hybridized carbons (Fsp3) is 0.206. The Morgan fingerprint density at radius 3 is 2.08 bits per heavy atom. The zero-order valence-corrected chi connectivity index (χ0v) is 26.6. The van der Waals surface area contributed by atoms with Crippen LogP contribution in [0.2, 0.25) is 0 Å². The van der Waals surface area contributed by atoms with Gasteiger partial charge in [-0.25, -0.2) is 0 Å². The summed E-state index contributed by atoms with van der Waals surface area (Å²) in [7, 11) is 2.94. The van der Waals surface area contributed by atoms with Gasteiger partial charge in [-0.2, -0.15) is 13.2 Å². The number of thiophene rings is 1. The van der Waals surface area contributed by atoms with Crippen LogP contribution >= 0.6 is 11.3 Å². The maximum atomic E-state index is 13.5. The van der Waals surface area contributed by atoms with Crippen LogP contribution in [0.15, 0.2) is 78.2 Å². The highest BCUT2D eigenvalue weighted by Crippen LogP contribution is 2.34. The van der Waals surface area contributed by atoms with Gasteiger partial charge in [0.05, 0.1) is 23.2 Å². The molecule has 2 amide bonds. The molecule has 3 N–H and O–H groups in total. The zero-order chi connectivity index (χ0) is 35.4. The zero-order valence-electron chi connectivity index (χ0n) is 25.8. The Balaban J connectivity index is 1.58. The first kappa shape index (κ1) is 35.4. The third-order valence-electron chi connectivity index (χ3n) is 7.44. The van der Waals surface area contributed by atoms with Crippen molar-refractivity contribution in [3.8, 4) is 11.1 Å². The van der Waals surface area contributed by atoms with Crippen molar-refractivity contribution in [3.63, 3.8) is 0 Å². The molecule has 0 saturated heterocycles.